The Hall–Kier alpha value is -3.52. The van der Waals surface area contributed by atoms with Gasteiger partial charge >= 0.3 is 6.09 Å². The second-order valence-electron chi connectivity index (χ2n) is 9.50. The van der Waals surface area contributed by atoms with Gasteiger partial charge < -0.3 is 9.64 Å². The Bertz CT molecular complexity index is 1330. The van der Waals surface area contributed by atoms with Crippen LogP contribution in [0.3, 0.4) is 0 Å². The average molecular weight is 522 g/mol. The number of carbonyl (C=O) groups is 1. The molecule has 3 aromatic rings. The molecule has 7 nitrogen and oxygen atoms in total. The molecular weight excluding hydrogens is 486 g/mol. The number of aryl methyl sites for hydroxylation is 2. The Kier molecular flexibility index (Phi) is 8.07. The van der Waals surface area contributed by atoms with E-state index in [9.17, 15) is 13.2 Å². The van der Waals surface area contributed by atoms with Crippen LogP contribution in [0.1, 0.15) is 49.5 Å². The fourth-order valence-electron chi connectivity index (χ4n) is 4.34. The molecule has 8 heteroatoms. The maximum atomic E-state index is 12.8. The van der Waals surface area contributed by atoms with Crippen molar-refractivity contribution in [2.24, 2.45) is 5.92 Å². The summed E-state index contributed by atoms with van der Waals surface area (Å²) >= 11 is 0. The summed E-state index contributed by atoms with van der Waals surface area (Å²) in [6.07, 6.45) is 1.08. The van der Waals surface area contributed by atoms with Crippen molar-refractivity contribution in [1.29, 1.82) is 0 Å². The third-order valence-electron chi connectivity index (χ3n) is 6.68. The van der Waals surface area contributed by atoms with Crippen LogP contribution in [-0.4, -0.2) is 27.6 Å². The number of rotatable bonds is 10. The minimum absolute atomic E-state index is 0.207. The topological polar surface area (TPSA) is 87.7 Å². The fraction of sp³-hybridized carbons (Fsp3) is 0.345. The minimum Gasteiger partial charge on any atom is -0.441 e. The summed E-state index contributed by atoms with van der Waals surface area (Å²) in [7, 11) is -3.69. The van der Waals surface area contributed by atoms with Gasteiger partial charge in [0.25, 0.3) is 10.0 Å². The molecule has 1 atom stereocenters. The van der Waals surface area contributed by atoms with Crippen LogP contribution in [0.25, 0.3) is 0 Å². The highest BCUT2D eigenvalue weighted by Gasteiger charge is 2.35. The zero-order valence-corrected chi connectivity index (χ0v) is 22.6. The van der Waals surface area contributed by atoms with Crippen LogP contribution in [0, 0.1) is 19.8 Å². The summed E-state index contributed by atoms with van der Waals surface area (Å²) in [5.74, 6) is 0.256. The molecule has 0 bridgehead atoms. The van der Waals surface area contributed by atoms with Gasteiger partial charge in [0.05, 0.1) is 4.90 Å². The van der Waals surface area contributed by atoms with Crippen molar-refractivity contribution in [3.8, 4) is 0 Å². The van der Waals surface area contributed by atoms with Crippen LogP contribution in [0.2, 0.25) is 0 Å². The standard InChI is InChI=1S/C29H35N3O4S/c1-5-32(6-2)25-15-18-27(21(4)19-25)30-29(33)36-28(22-9-10-22)23-11-13-24(14-12-23)31-37(34,35)26-16-7-20(3)8-17-26/h7-8,11-19,22,28,31H,5-6,9-10H2,1-4H3,(H,30,33). The average Bonchev–Trinajstić information content (AvgIpc) is 3.71. The van der Waals surface area contributed by atoms with E-state index in [-0.39, 0.29) is 10.8 Å². The smallest absolute Gasteiger partial charge is 0.412 e. The summed E-state index contributed by atoms with van der Waals surface area (Å²) in [5.41, 5.74) is 5.09. The van der Waals surface area contributed by atoms with Gasteiger partial charge in [-0.15, -0.1) is 0 Å². The molecule has 0 aliphatic heterocycles. The molecule has 1 saturated carbocycles. The van der Waals surface area contributed by atoms with Crippen LogP contribution in [0.5, 0.6) is 0 Å². The highest BCUT2D eigenvalue weighted by Crippen LogP contribution is 2.43. The molecule has 0 saturated heterocycles. The van der Waals surface area contributed by atoms with Crippen molar-refractivity contribution >= 4 is 33.2 Å². The maximum Gasteiger partial charge on any atom is 0.412 e. The molecule has 0 heterocycles. The van der Waals surface area contributed by atoms with Gasteiger partial charge in [-0.1, -0.05) is 29.8 Å². The lowest BCUT2D eigenvalue weighted by Crippen LogP contribution is -2.22. The Labute approximate surface area is 219 Å². The number of carbonyl (C=O) groups excluding carboxylic acids is 1. The maximum absolute atomic E-state index is 12.8. The second kappa shape index (κ2) is 11.3. The highest BCUT2D eigenvalue weighted by atomic mass is 32.2. The van der Waals surface area contributed by atoms with E-state index in [0.29, 0.717) is 5.69 Å². The molecule has 196 valence electrons. The summed E-state index contributed by atoms with van der Waals surface area (Å²) < 4.78 is 33.9. The molecule has 1 unspecified atom stereocenters. The van der Waals surface area contributed by atoms with Gasteiger partial charge in [-0.25, -0.2) is 13.2 Å². The molecule has 1 fully saturated rings. The molecule has 0 aromatic heterocycles. The van der Waals surface area contributed by atoms with Crippen molar-refractivity contribution < 1.29 is 17.9 Å². The van der Waals surface area contributed by atoms with Gasteiger partial charge in [-0.2, -0.15) is 0 Å². The molecule has 1 amide bonds. The molecule has 3 aromatic carbocycles. The van der Waals surface area contributed by atoms with E-state index in [0.717, 1.165) is 54.0 Å². The Balaban J connectivity index is 1.42. The third-order valence-corrected chi connectivity index (χ3v) is 8.08. The lowest BCUT2D eigenvalue weighted by Gasteiger charge is -2.23. The molecule has 1 aliphatic rings. The highest BCUT2D eigenvalue weighted by molar-refractivity contribution is 7.92. The summed E-state index contributed by atoms with van der Waals surface area (Å²) in [6.45, 7) is 9.95. The zero-order chi connectivity index (χ0) is 26.6. The number of anilines is 3. The molecule has 4 rings (SSSR count). The van der Waals surface area contributed by atoms with E-state index in [4.69, 9.17) is 4.74 Å². The lowest BCUT2D eigenvalue weighted by atomic mass is 10.1. The van der Waals surface area contributed by atoms with E-state index in [1.54, 1.807) is 36.4 Å². The Morgan fingerprint density at radius 1 is 0.973 bits per heavy atom. The first kappa shape index (κ1) is 26.5. The van der Waals surface area contributed by atoms with Gasteiger partial charge in [0.15, 0.2) is 0 Å². The number of sulfonamides is 1. The Morgan fingerprint density at radius 2 is 1.62 bits per heavy atom. The number of hydrogen-bond donors (Lipinski definition) is 2. The number of amides is 1. The normalized spacial score (nSPS) is 14.1. The number of nitrogens with one attached hydrogen (secondary N) is 2. The third kappa shape index (κ3) is 6.63. The number of hydrogen-bond acceptors (Lipinski definition) is 5. The first-order valence-electron chi connectivity index (χ1n) is 12.7. The molecule has 1 aliphatic carbocycles. The quantitative estimate of drug-likeness (QED) is 0.312. The summed E-state index contributed by atoms with van der Waals surface area (Å²) in [4.78, 5) is 15.3. The van der Waals surface area contributed by atoms with Crippen LogP contribution in [0.4, 0.5) is 21.9 Å². The lowest BCUT2D eigenvalue weighted by molar-refractivity contribution is 0.0975. The predicted octanol–water partition coefficient (Wildman–Crippen LogP) is 6.65. The van der Waals surface area contributed by atoms with Crippen molar-refractivity contribution in [1.82, 2.24) is 0 Å². The van der Waals surface area contributed by atoms with Gasteiger partial charge in [-0.3, -0.25) is 10.0 Å². The van der Waals surface area contributed by atoms with Gasteiger partial charge in [0.2, 0.25) is 0 Å². The first-order valence-corrected chi connectivity index (χ1v) is 14.2. The van der Waals surface area contributed by atoms with Crippen LogP contribution >= 0.6 is 0 Å². The SMILES string of the molecule is CCN(CC)c1ccc(NC(=O)OC(c2ccc(NS(=O)(=O)c3ccc(C)cc3)cc2)C2CC2)c(C)c1. The molecule has 2 N–H and O–H groups in total. The Morgan fingerprint density at radius 3 is 2.19 bits per heavy atom. The van der Waals surface area contributed by atoms with Gasteiger partial charge in [0, 0.05) is 36.1 Å². The van der Waals surface area contributed by atoms with E-state index < -0.39 is 22.2 Å². The number of ether oxygens (including phenoxy) is 1. The van der Waals surface area contributed by atoms with Crippen LogP contribution in [0.15, 0.2) is 71.6 Å². The monoisotopic (exact) mass is 521 g/mol. The van der Waals surface area contributed by atoms with E-state index in [2.05, 4.69) is 34.9 Å². The van der Waals surface area contributed by atoms with E-state index in [1.807, 2.05) is 38.1 Å². The second-order valence-corrected chi connectivity index (χ2v) is 11.2. The number of benzene rings is 3. The molecule has 0 radical (unpaired) electrons. The van der Waals surface area contributed by atoms with Crippen LogP contribution < -0.4 is 14.9 Å². The summed E-state index contributed by atoms with van der Waals surface area (Å²) in [6, 6.07) is 19.7. The fourth-order valence-corrected chi connectivity index (χ4v) is 5.39. The minimum atomic E-state index is -3.69. The van der Waals surface area contributed by atoms with Crippen molar-refractivity contribution in [3.05, 3.63) is 83.4 Å². The van der Waals surface area contributed by atoms with E-state index >= 15 is 0 Å². The number of nitrogens with zero attached hydrogens (tertiary/aromatic N) is 1. The zero-order valence-electron chi connectivity index (χ0n) is 21.8. The van der Waals surface area contributed by atoms with Crippen LogP contribution in [-0.2, 0) is 14.8 Å². The summed E-state index contributed by atoms with van der Waals surface area (Å²) in [5, 5.41) is 2.89. The van der Waals surface area contributed by atoms with Crippen molar-refractivity contribution in [2.75, 3.05) is 28.0 Å². The first-order chi connectivity index (χ1) is 17.7. The van der Waals surface area contributed by atoms with E-state index in [1.165, 1.54) is 0 Å². The molecule has 37 heavy (non-hydrogen) atoms. The van der Waals surface area contributed by atoms with Crippen molar-refractivity contribution in [3.63, 3.8) is 0 Å². The van der Waals surface area contributed by atoms with Gasteiger partial charge in [0.1, 0.15) is 6.10 Å². The van der Waals surface area contributed by atoms with Gasteiger partial charge in [-0.05, 0) is 94.1 Å². The largest absolute Gasteiger partial charge is 0.441 e. The molecule has 0 spiro atoms. The molecular formula is C29H35N3O4S. The predicted molar refractivity (Wildman–Crippen MR) is 149 cm³/mol. The van der Waals surface area contributed by atoms with Crippen molar-refractivity contribution in [2.45, 2.75) is 51.5 Å².